The molecule has 0 saturated carbocycles. The Kier molecular flexibility index (Phi) is 20.1. The van der Waals surface area contributed by atoms with Crippen molar-refractivity contribution >= 4 is 67.5 Å². The van der Waals surface area contributed by atoms with Gasteiger partial charge in [0.1, 0.15) is 0 Å². The van der Waals surface area contributed by atoms with Crippen molar-refractivity contribution in [2.45, 2.75) is 45.2 Å². The first-order valence-electron chi connectivity index (χ1n) is 18.8. The van der Waals surface area contributed by atoms with Gasteiger partial charge in [-0.2, -0.15) is 0 Å². The van der Waals surface area contributed by atoms with Crippen molar-refractivity contribution in [1.82, 2.24) is 0 Å². The molecule has 0 aliphatic rings. The van der Waals surface area contributed by atoms with Crippen LogP contribution < -0.4 is 47.8 Å². The summed E-state index contributed by atoms with van der Waals surface area (Å²) in [5, 5.41) is 27.5. The average Bonchev–Trinajstić information content (AvgIpc) is 3.22. The van der Waals surface area contributed by atoms with E-state index in [1.807, 2.05) is 0 Å². The summed E-state index contributed by atoms with van der Waals surface area (Å²) in [7, 11) is -2.57. The van der Waals surface area contributed by atoms with E-state index in [-0.39, 0.29) is 41.9 Å². The van der Waals surface area contributed by atoms with Crippen LogP contribution in [0.3, 0.4) is 0 Å². The first-order chi connectivity index (χ1) is 27.0. The van der Waals surface area contributed by atoms with E-state index in [9.17, 15) is 19.8 Å². The number of carbonyl (C=O) groups is 2. The molecule has 6 rings (SSSR count). The topological polar surface area (TPSA) is 106 Å². The van der Waals surface area contributed by atoms with Crippen molar-refractivity contribution < 1.29 is 39.3 Å². The fourth-order valence-corrected chi connectivity index (χ4v) is 18.0. The predicted octanol–water partition coefficient (Wildman–Crippen LogP) is 6.21. The number of carboxylic acid groups (broad SMARTS) is 2. The maximum Gasteiger partial charge on any atom is 2.00 e. The normalized spacial score (nSPS) is 11.6. The van der Waals surface area contributed by atoms with E-state index < -0.39 is 35.7 Å². The maximum absolute atomic E-state index is 9.59. The van der Waals surface area contributed by atoms with Crippen molar-refractivity contribution in [2.75, 3.05) is 6.54 Å². The van der Waals surface area contributed by atoms with Crippen LogP contribution in [0.2, 0.25) is 0 Å². The fourth-order valence-electron chi connectivity index (χ4n) is 6.31. The van der Waals surface area contributed by atoms with Crippen molar-refractivity contribution in [3.8, 4) is 0 Å². The van der Waals surface area contributed by atoms with Crippen molar-refractivity contribution in [1.29, 1.82) is 0 Å². The van der Waals surface area contributed by atoms with Crippen LogP contribution in [0.5, 0.6) is 0 Å². The second-order valence-corrected chi connectivity index (χ2v) is 21.9. The van der Waals surface area contributed by atoms with Crippen LogP contribution in [0.4, 0.5) is 0 Å². The monoisotopic (exact) mass is 901 g/mol. The molecule has 0 heterocycles. The predicted molar refractivity (Wildman–Crippen MR) is 238 cm³/mol. The van der Waals surface area contributed by atoms with Crippen molar-refractivity contribution in [2.24, 2.45) is 17.6 Å². The summed E-state index contributed by atoms with van der Waals surface area (Å²) >= 11 is 0. The molecule has 0 aromatic heterocycles. The molecule has 5 nitrogen and oxygen atoms in total. The number of aliphatic carboxylic acids is 2. The van der Waals surface area contributed by atoms with Gasteiger partial charge in [0.2, 0.25) is 0 Å². The van der Waals surface area contributed by atoms with E-state index in [1.165, 1.54) is 31.8 Å². The zero-order valence-electron chi connectivity index (χ0n) is 33.2. The first kappa shape index (κ1) is 47.5. The van der Waals surface area contributed by atoms with Gasteiger partial charge in [-0.1, -0.05) is 210 Å². The third-order valence-electron chi connectivity index (χ3n) is 9.14. The van der Waals surface area contributed by atoms with Gasteiger partial charge < -0.3 is 25.5 Å². The Morgan fingerprint density at radius 2 is 0.667 bits per heavy atom. The van der Waals surface area contributed by atoms with Gasteiger partial charge in [-0.05, 0) is 74.4 Å². The van der Waals surface area contributed by atoms with Gasteiger partial charge in [0.25, 0.3) is 0 Å². The Morgan fingerprint density at radius 3 is 0.842 bits per heavy atom. The Hall–Kier alpha value is -3.87. The molecular formula is C48H52NO4P3Ru. The van der Waals surface area contributed by atoms with Crippen LogP contribution in [-0.4, -0.2) is 29.0 Å². The molecule has 1 atom stereocenters. The molecule has 1 unspecified atom stereocenters. The number of hydrogen-bond donors (Lipinski definition) is 1. The number of carboxylic acids is 2. The second kappa shape index (κ2) is 24.1. The minimum atomic E-state index is -0.991. The molecule has 0 aliphatic carbocycles. The molecule has 0 aliphatic heterocycles. The van der Waals surface area contributed by atoms with Crippen LogP contribution in [0.15, 0.2) is 182 Å². The Balaban J connectivity index is 0.000000585. The van der Waals surface area contributed by atoms with E-state index in [0.717, 1.165) is 0 Å². The molecule has 0 saturated heterocycles. The van der Waals surface area contributed by atoms with Crippen LogP contribution in [0.1, 0.15) is 34.6 Å². The minimum absolute atomic E-state index is 0. The van der Waals surface area contributed by atoms with Crippen molar-refractivity contribution in [3.63, 3.8) is 0 Å². The third kappa shape index (κ3) is 13.1. The Morgan fingerprint density at radius 1 is 0.474 bits per heavy atom. The van der Waals surface area contributed by atoms with Crippen LogP contribution in [-0.2, 0) is 29.1 Å². The molecule has 9 heteroatoms. The van der Waals surface area contributed by atoms with Gasteiger partial charge in [0.05, 0.1) is 0 Å². The molecular weight excluding hydrogens is 849 g/mol. The Labute approximate surface area is 356 Å². The van der Waals surface area contributed by atoms with Gasteiger partial charge in [0, 0.05) is 29.0 Å². The summed E-state index contributed by atoms with van der Waals surface area (Å²) in [5.74, 6) is -2.67. The van der Waals surface area contributed by atoms with E-state index in [0.29, 0.717) is 6.54 Å². The zero-order valence-corrected chi connectivity index (χ0v) is 37.6. The van der Waals surface area contributed by atoms with E-state index in [2.05, 4.69) is 189 Å². The minimum Gasteiger partial charge on any atom is -0.550 e. The molecule has 2 N–H and O–H groups in total. The number of hydrogen-bond acceptors (Lipinski definition) is 5. The molecule has 0 radical (unpaired) electrons. The number of carbonyl (C=O) groups excluding carboxylic acids is 2. The fraction of sp³-hybridized carbons (Fsp3) is 0.208. The second-order valence-electron chi connectivity index (χ2n) is 13.8. The number of nitrogens with two attached hydrogens (primary N) is 1. The molecule has 0 spiro atoms. The van der Waals surface area contributed by atoms with Gasteiger partial charge >= 0.3 is 19.5 Å². The summed E-state index contributed by atoms with van der Waals surface area (Å²) in [6, 6.07) is 67.3. The van der Waals surface area contributed by atoms with E-state index in [4.69, 9.17) is 5.73 Å². The third-order valence-corrected chi connectivity index (χ3v) is 19.5. The van der Waals surface area contributed by atoms with Crippen molar-refractivity contribution in [3.05, 3.63) is 182 Å². The molecule has 6 aromatic carbocycles. The number of rotatable bonds is 13. The average molecular weight is 901 g/mol. The smallest absolute Gasteiger partial charge is 0.550 e. The summed E-state index contributed by atoms with van der Waals surface area (Å²) in [6.07, 6.45) is 0. The summed E-state index contributed by atoms with van der Waals surface area (Å²) < 4.78 is 0. The summed E-state index contributed by atoms with van der Waals surface area (Å²) in [6.45, 7) is 9.49. The maximum atomic E-state index is 9.59. The SMILES string of the molecule is CC(C(CN)P(c1ccccc1)c1ccccc1)(P(c1ccccc1)c1ccccc1)P(c1ccccc1)c1ccccc1.CC(C)C(=O)[O-].CC(C)C(=O)[O-].[Ru+2]. The van der Waals surface area contributed by atoms with Gasteiger partial charge in [-0.15, -0.1) is 0 Å². The molecule has 57 heavy (non-hydrogen) atoms. The Bertz CT molecular complexity index is 1810. The molecule has 0 bridgehead atoms. The van der Waals surface area contributed by atoms with Gasteiger partial charge in [-0.3, -0.25) is 0 Å². The molecule has 296 valence electrons. The van der Waals surface area contributed by atoms with Crippen LogP contribution in [0, 0.1) is 11.8 Å². The van der Waals surface area contributed by atoms with E-state index in [1.54, 1.807) is 27.7 Å². The van der Waals surface area contributed by atoms with Gasteiger partial charge in [-0.25, -0.2) is 0 Å². The molecule has 0 fully saturated rings. The quantitative estimate of drug-likeness (QED) is 0.110. The van der Waals surface area contributed by atoms with Gasteiger partial charge in [0.15, 0.2) is 0 Å². The first-order valence-corrected chi connectivity index (χ1v) is 22.9. The standard InChI is InChI=1S/C40H38NP3.2C4H8O2.Ru/c1-40(43(35-24-12-4-13-25-35)36-26-14-5-15-27-36,44(37-28-16-6-17-29-37)38-30-18-7-19-31-38)39(32-41)42(33-20-8-2-9-21-33)34-22-10-3-11-23-34;2*1-3(2)4(5)6;/h2-31,39H,32,41H2,1H3;2*3H,1-2H3,(H,5,6);/q;;;+2/p-2. The summed E-state index contributed by atoms with van der Waals surface area (Å²) in [4.78, 5) is 19.0. The number of benzene rings is 6. The summed E-state index contributed by atoms with van der Waals surface area (Å²) in [5.41, 5.74) is 7.34. The van der Waals surface area contributed by atoms with Crippen LogP contribution in [0.25, 0.3) is 0 Å². The van der Waals surface area contributed by atoms with E-state index >= 15 is 0 Å². The molecule has 0 amide bonds. The largest absolute Gasteiger partial charge is 2.00 e. The zero-order chi connectivity index (χ0) is 40.5. The van der Waals surface area contributed by atoms with Crippen LogP contribution >= 0.6 is 23.8 Å². The molecule has 6 aromatic rings.